The Morgan fingerprint density at radius 2 is 2.15 bits per heavy atom. The number of aliphatic hydroxyl groups excluding tert-OH is 1. The summed E-state index contributed by atoms with van der Waals surface area (Å²) in [6.45, 7) is 3.08. The molecule has 2 atom stereocenters. The number of aliphatic hydroxyl groups is 1. The predicted octanol–water partition coefficient (Wildman–Crippen LogP) is 2.25. The molecule has 110 valence electrons. The molecule has 1 heterocycles. The summed E-state index contributed by atoms with van der Waals surface area (Å²) in [4.78, 5) is 14.6. The third-order valence-corrected chi connectivity index (χ3v) is 4.05. The van der Waals surface area contributed by atoms with E-state index in [-0.39, 0.29) is 18.6 Å². The number of benzene rings is 1. The molecule has 2 unspecified atom stereocenters. The topological polar surface area (TPSA) is 52.6 Å². The van der Waals surface area contributed by atoms with Crippen LogP contribution in [0.25, 0.3) is 0 Å². The van der Waals surface area contributed by atoms with E-state index in [1.165, 1.54) is 6.42 Å². The third kappa shape index (κ3) is 3.81. The van der Waals surface area contributed by atoms with Gasteiger partial charge in [-0.25, -0.2) is 0 Å². The summed E-state index contributed by atoms with van der Waals surface area (Å²) < 4.78 is 0. The second kappa shape index (κ2) is 7.41. The summed E-state index contributed by atoms with van der Waals surface area (Å²) in [6.07, 6.45) is 4.14. The van der Waals surface area contributed by atoms with Crippen molar-refractivity contribution in [1.29, 1.82) is 0 Å². The zero-order valence-corrected chi connectivity index (χ0v) is 12.1. The molecule has 0 bridgehead atoms. The molecule has 1 fully saturated rings. The van der Waals surface area contributed by atoms with Crippen molar-refractivity contribution in [2.75, 3.05) is 18.5 Å². The molecule has 0 spiro atoms. The summed E-state index contributed by atoms with van der Waals surface area (Å²) in [5.74, 6) is 0.0287. The number of carbonyl (C=O) groups excluding carboxylic acids is 1. The van der Waals surface area contributed by atoms with Crippen LogP contribution in [-0.4, -0.2) is 41.1 Å². The van der Waals surface area contributed by atoms with Crippen molar-refractivity contribution in [2.45, 2.75) is 44.7 Å². The van der Waals surface area contributed by atoms with Crippen molar-refractivity contribution in [3.63, 3.8) is 0 Å². The molecular weight excluding hydrogens is 252 g/mol. The number of hydrogen-bond donors (Lipinski definition) is 2. The van der Waals surface area contributed by atoms with Gasteiger partial charge in [0.25, 0.3) is 0 Å². The van der Waals surface area contributed by atoms with Gasteiger partial charge in [0.15, 0.2) is 0 Å². The van der Waals surface area contributed by atoms with Crippen molar-refractivity contribution < 1.29 is 9.90 Å². The van der Waals surface area contributed by atoms with Gasteiger partial charge in [-0.1, -0.05) is 24.6 Å². The van der Waals surface area contributed by atoms with Crippen LogP contribution in [0.1, 0.15) is 32.6 Å². The highest BCUT2D eigenvalue weighted by Crippen LogP contribution is 2.22. The molecule has 2 N–H and O–H groups in total. The maximum Gasteiger partial charge on any atom is 0.241 e. The second-order valence-electron chi connectivity index (χ2n) is 5.43. The molecule has 2 rings (SSSR count). The summed E-state index contributed by atoms with van der Waals surface area (Å²) in [7, 11) is 0. The van der Waals surface area contributed by atoms with Crippen LogP contribution >= 0.6 is 0 Å². The van der Waals surface area contributed by atoms with Crippen molar-refractivity contribution >= 4 is 11.6 Å². The van der Waals surface area contributed by atoms with E-state index < -0.39 is 0 Å². The highest BCUT2D eigenvalue weighted by molar-refractivity contribution is 5.94. The van der Waals surface area contributed by atoms with Crippen LogP contribution in [0, 0.1) is 0 Å². The molecule has 4 nitrogen and oxygen atoms in total. The number of likely N-dealkylation sites (tertiary alicyclic amines) is 1. The smallest absolute Gasteiger partial charge is 0.241 e. The van der Waals surface area contributed by atoms with Crippen molar-refractivity contribution in [3.8, 4) is 0 Å². The number of nitrogens with one attached hydrogen (secondary N) is 1. The number of hydrogen-bond acceptors (Lipinski definition) is 3. The normalized spacial score (nSPS) is 21.4. The summed E-state index contributed by atoms with van der Waals surface area (Å²) >= 11 is 0. The van der Waals surface area contributed by atoms with Crippen LogP contribution in [0.3, 0.4) is 0 Å². The fourth-order valence-corrected chi connectivity index (χ4v) is 2.91. The molecular formula is C16H24N2O2. The van der Waals surface area contributed by atoms with E-state index in [0.717, 1.165) is 31.5 Å². The lowest BCUT2D eigenvalue weighted by molar-refractivity contribution is -0.122. The van der Waals surface area contributed by atoms with Crippen molar-refractivity contribution in [2.24, 2.45) is 0 Å². The maximum absolute atomic E-state index is 12.3. The Hall–Kier alpha value is -1.39. The van der Waals surface area contributed by atoms with E-state index >= 15 is 0 Å². The van der Waals surface area contributed by atoms with Crippen LogP contribution in [-0.2, 0) is 4.79 Å². The van der Waals surface area contributed by atoms with E-state index in [4.69, 9.17) is 5.11 Å². The zero-order chi connectivity index (χ0) is 14.4. The SMILES string of the molecule is CC(C(=O)Nc1ccccc1)N1CCCCC1CCO. The fourth-order valence-electron chi connectivity index (χ4n) is 2.91. The Kier molecular flexibility index (Phi) is 5.56. The first-order valence-electron chi connectivity index (χ1n) is 7.45. The third-order valence-electron chi connectivity index (χ3n) is 4.05. The Labute approximate surface area is 120 Å². The molecule has 0 aromatic heterocycles. The highest BCUT2D eigenvalue weighted by atomic mass is 16.3. The number of nitrogens with zero attached hydrogens (tertiary/aromatic N) is 1. The molecule has 1 aromatic carbocycles. The van der Waals surface area contributed by atoms with Gasteiger partial charge in [-0.3, -0.25) is 9.69 Å². The van der Waals surface area contributed by atoms with Crippen LogP contribution in [0.2, 0.25) is 0 Å². The predicted molar refractivity (Wildman–Crippen MR) is 80.6 cm³/mol. The van der Waals surface area contributed by atoms with Crippen molar-refractivity contribution in [3.05, 3.63) is 30.3 Å². The molecule has 1 amide bonds. The number of rotatable bonds is 5. The summed E-state index contributed by atoms with van der Waals surface area (Å²) in [5, 5.41) is 12.1. The Morgan fingerprint density at radius 3 is 2.85 bits per heavy atom. The molecule has 1 saturated heterocycles. The quantitative estimate of drug-likeness (QED) is 0.867. The van der Waals surface area contributed by atoms with Gasteiger partial charge in [-0.2, -0.15) is 0 Å². The lowest BCUT2D eigenvalue weighted by Crippen LogP contribution is -2.50. The minimum atomic E-state index is -0.160. The standard InChI is InChI=1S/C16H24N2O2/c1-13(16(20)17-14-7-3-2-4-8-14)18-11-6-5-9-15(18)10-12-19/h2-4,7-8,13,15,19H,5-6,9-12H2,1H3,(H,17,20). The number of amides is 1. The van der Waals surface area contributed by atoms with E-state index in [1.54, 1.807) is 0 Å². The zero-order valence-electron chi connectivity index (χ0n) is 12.1. The van der Waals surface area contributed by atoms with E-state index in [0.29, 0.717) is 6.04 Å². The van der Waals surface area contributed by atoms with Gasteiger partial charge >= 0.3 is 0 Å². The van der Waals surface area contributed by atoms with E-state index in [2.05, 4.69) is 10.2 Å². The lowest BCUT2D eigenvalue weighted by atomic mass is 9.97. The number of piperidine rings is 1. The minimum Gasteiger partial charge on any atom is -0.396 e. The van der Waals surface area contributed by atoms with Gasteiger partial charge in [0.05, 0.1) is 6.04 Å². The van der Waals surface area contributed by atoms with Gasteiger partial charge in [-0.05, 0) is 44.9 Å². The molecule has 1 aliphatic rings. The van der Waals surface area contributed by atoms with Crippen LogP contribution in [0.15, 0.2) is 30.3 Å². The highest BCUT2D eigenvalue weighted by Gasteiger charge is 2.29. The Bertz CT molecular complexity index is 420. The number of para-hydroxylation sites is 1. The van der Waals surface area contributed by atoms with Crippen LogP contribution in [0.4, 0.5) is 5.69 Å². The van der Waals surface area contributed by atoms with Gasteiger partial charge in [0, 0.05) is 18.3 Å². The van der Waals surface area contributed by atoms with Crippen molar-refractivity contribution in [1.82, 2.24) is 4.90 Å². The summed E-state index contributed by atoms with van der Waals surface area (Å²) in [6, 6.07) is 9.71. The first-order chi connectivity index (χ1) is 9.72. The molecule has 0 saturated carbocycles. The lowest BCUT2D eigenvalue weighted by Gasteiger charge is -2.39. The molecule has 1 aliphatic heterocycles. The Balaban J connectivity index is 1.97. The molecule has 0 aliphatic carbocycles. The summed E-state index contributed by atoms with van der Waals surface area (Å²) in [5.41, 5.74) is 0.833. The number of anilines is 1. The average molecular weight is 276 g/mol. The van der Waals surface area contributed by atoms with Gasteiger partial charge in [0.1, 0.15) is 0 Å². The maximum atomic E-state index is 12.3. The molecule has 0 radical (unpaired) electrons. The number of carbonyl (C=O) groups is 1. The van der Waals surface area contributed by atoms with E-state index in [1.807, 2.05) is 37.3 Å². The van der Waals surface area contributed by atoms with Gasteiger partial charge in [0.2, 0.25) is 5.91 Å². The molecule has 1 aromatic rings. The first-order valence-corrected chi connectivity index (χ1v) is 7.45. The Morgan fingerprint density at radius 1 is 1.40 bits per heavy atom. The van der Waals surface area contributed by atoms with Crippen LogP contribution < -0.4 is 5.32 Å². The molecule has 20 heavy (non-hydrogen) atoms. The van der Waals surface area contributed by atoms with Crippen LogP contribution in [0.5, 0.6) is 0 Å². The van der Waals surface area contributed by atoms with Gasteiger partial charge in [-0.15, -0.1) is 0 Å². The average Bonchev–Trinajstić information content (AvgIpc) is 2.48. The minimum absolute atomic E-state index is 0.0287. The fraction of sp³-hybridized carbons (Fsp3) is 0.562. The van der Waals surface area contributed by atoms with Gasteiger partial charge < -0.3 is 10.4 Å². The first kappa shape index (κ1) is 15.0. The monoisotopic (exact) mass is 276 g/mol. The molecule has 4 heteroatoms. The second-order valence-corrected chi connectivity index (χ2v) is 5.43. The largest absolute Gasteiger partial charge is 0.396 e. The van der Waals surface area contributed by atoms with E-state index in [9.17, 15) is 4.79 Å².